The van der Waals surface area contributed by atoms with Crippen molar-refractivity contribution in [2.24, 2.45) is 0 Å². The van der Waals surface area contributed by atoms with Gasteiger partial charge in [0.05, 0.1) is 16.6 Å². The van der Waals surface area contributed by atoms with Gasteiger partial charge < -0.3 is 4.90 Å². The third-order valence-electron chi connectivity index (χ3n) is 3.88. The van der Waals surface area contributed by atoms with Crippen molar-refractivity contribution in [3.63, 3.8) is 0 Å². The fraction of sp³-hybridized carbons (Fsp3) is 0.375. The minimum atomic E-state index is -4.45. The summed E-state index contributed by atoms with van der Waals surface area (Å²) in [5.74, 6) is -0.583. The maximum absolute atomic E-state index is 13.0. The van der Waals surface area contributed by atoms with Gasteiger partial charge in [-0.05, 0) is 42.3 Å². The highest BCUT2D eigenvalue weighted by atomic mass is 32.1. The molecule has 1 aliphatic carbocycles. The van der Waals surface area contributed by atoms with Gasteiger partial charge in [0.25, 0.3) is 5.91 Å². The van der Waals surface area contributed by atoms with Gasteiger partial charge in [0.2, 0.25) is 0 Å². The molecular formula is C16H15F3N2OS. The SMILES string of the molecule is O=C(c1cccs1)N(CC(F)(F)F)[C@H]1CCCc2cccnc21. The number of pyridine rings is 1. The number of aromatic nitrogens is 1. The lowest BCUT2D eigenvalue weighted by molar-refractivity contribution is -0.145. The molecule has 1 amide bonds. The molecule has 3 rings (SSSR count). The van der Waals surface area contributed by atoms with E-state index in [1.54, 1.807) is 29.8 Å². The fourth-order valence-electron chi connectivity index (χ4n) is 2.95. The molecule has 0 fully saturated rings. The predicted octanol–water partition coefficient (Wildman–Crippen LogP) is 4.23. The molecule has 0 aliphatic heterocycles. The lowest BCUT2D eigenvalue weighted by Crippen LogP contribution is -2.42. The second-order valence-corrected chi connectivity index (χ2v) is 6.43. The first-order valence-electron chi connectivity index (χ1n) is 7.31. The van der Waals surface area contributed by atoms with E-state index in [1.165, 1.54) is 0 Å². The zero-order chi connectivity index (χ0) is 16.4. The van der Waals surface area contributed by atoms with Crippen molar-refractivity contribution >= 4 is 17.2 Å². The standard InChI is InChI=1S/C16H15F3N2OS/c17-16(18,19)10-21(15(22)13-7-3-9-23-13)12-6-1-4-11-5-2-8-20-14(11)12/h2-3,5,7-9,12H,1,4,6,10H2/t12-/m0/s1. The second-order valence-electron chi connectivity index (χ2n) is 5.48. The van der Waals surface area contributed by atoms with Gasteiger partial charge in [-0.15, -0.1) is 11.3 Å². The minimum Gasteiger partial charge on any atom is -0.320 e. The molecule has 1 atom stereocenters. The summed E-state index contributed by atoms with van der Waals surface area (Å²) in [6, 6.07) is 6.23. The van der Waals surface area contributed by atoms with E-state index in [-0.39, 0.29) is 0 Å². The summed E-state index contributed by atoms with van der Waals surface area (Å²) in [4.78, 5) is 18.1. The summed E-state index contributed by atoms with van der Waals surface area (Å²) in [6.45, 7) is -1.26. The van der Waals surface area contributed by atoms with Gasteiger partial charge in [0, 0.05) is 6.20 Å². The summed E-state index contributed by atoms with van der Waals surface area (Å²) in [7, 11) is 0. The molecule has 0 unspecified atom stereocenters. The van der Waals surface area contributed by atoms with Crippen LogP contribution in [0.2, 0.25) is 0 Å². The van der Waals surface area contributed by atoms with E-state index in [4.69, 9.17) is 0 Å². The van der Waals surface area contributed by atoms with Crippen LogP contribution >= 0.6 is 11.3 Å². The summed E-state index contributed by atoms with van der Waals surface area (Å²) >= 11 is 1.15. The molecule has 3 nitrogen and oxygen atoms in total. The Bertz CT molecular complexity index is 685. The smallest absolute Gasteiger partial charge is 0.320 e. The lowest BCUT2D eigenvalue weighted by atomic mass is 9.90. The lowest BCUT2D eigenvalue weighted by Gasteiger charge is -2.35. The molecule has 2 aromatic heterocycles. The number of carbonyl (C=O) groups is 1. The van der Waals surface area contributed by atoms with Crippen LogP contribution in [0.4, 0.5) is 13.2 Å². The number of halogens is 3. The third-order valence-corrected chi connectivity index (χ3v) is 4.74. The molecule has 0 saturated carbocycles. The van der Waals surface area contributed by atoms with Gasteiger partial charge >= 0.3 is 6.18 Å². The highest BCUT2D eigenvalue weighted by Crippen LogP contribution is 2.35. The van der Waals surface area contributed by atoms with Crippen LogP contribution in [0.5, 0.6) is 0 Å². The third kappa shape index (κ3) is 3.55. The molecule has 0 radical (unpaired) electrons. The summed E-state index contributed by atoms with van der Waals surface area (Å²) in [6.07, 6.45) is -0.850. The van der Waals surface area contributed by atoms with Gasteiger partial charge in [-0.1, -0.05) is 12.1 Å². The van der Waals surface area contributed by atoms with Crippen LogP contribution < -0.4 is 0 Å². The maximum Gasteiger partial charge on any atom is 0.406 e. The molecule has 1 aliphatic rings. The van der Waals surface area contributed by atoms with Crippen molar-refractivity contribution in [3.8, 4) is 0 Å². The van der Waals surface area contributed by atoms with Gasteiger partial charge in [-0.3, -0.25) is 9.78 Å². The zero-order valence-corrected chi connectivity index (χ0v) is 13.0. The average molecular weight is 340 g/mol. The zero-order valence-electron chi connectivity index (χ0n) is 12.2. The summed E-state index contributed by atoms with van der Waals surface area (Å²) in [5.41, 5.74) is 1.52. The molecule has 122 valence electrons. The molecule has 2 heterocycles. The Kier molecular flexibility index (Phi) is 4.39. The highest BCUT2D eigenvalue weighted by molar-refractivity contribution is 7.12. The van der Waals surface area contributed by atoms with Crippen molar-refractivity contribution in [1.29, 1.82) is 0 Å². The van der Waals surface area contributed by atoms with Gasteiger partial charge in [-0.2, -0.15) is 13.2 Å². The fourth-order valence-corrected chi connectivity index (χ4v) is 3.63. The van der Waals surface area contributed by atoms with Crippen molar-refractivity contribution in [2.45, 2.75) is 31.5 Å². The summed E-state index contributed by atoms with van der Waals surface area (Å²) in [5, 5.41) is 1.69. The van der Waals surface area contributed by atoms with Crippen LogP contribution in [-0.2, 0) is 6.42 Å². The molecule has 0 saturated heterocycles. The molecule has 0 spiro atoms. The molecule has 7 heteroatoms. The molecule has 0 bridgehead atoms. The molecule has 2 aromatic rings. The molecule has 23 heavy (non-hydrogen) atoms. The second kappa shape index (κ2) is 6.31. The van der Waals surface area contributed by atoms with Crippen LogP contribution in [0.15, 0.2) is 35.8 Å². The predicted molar refractivity (Wildman–Crippen MR) is 81.3 cm³/mol. The van der Waals surface area contributed by atoms with E-state index in [0.29, 0.717) is 17.0 Å². The van der Waals surface area contributed by atoms with Crippen molar-refractivity contribution in [1.82, 2.24) is 9.88 Å². The Morgan fingerprint density at radius 2 is 2.17 bits per heavy atom. The maximum atomic E-state index is 13.0. The number of fused-ring (bicyclic) bond motifs is 1. The van der Waals surface area contributed by atoms with E-state index >= 15 is 0 Å². The first-order valence-corrected chi connectivity index (χ1v) is 8.19. The number of hydrogen-bond acceptors (Lipinski definition) is 3. The highest BCUT2D eigenvalue weighted by Gasteiger charge is 2.39. The quantitative estimate of drug-likeness (QED) is 0.838. The topological polar surface area (TPSA) is 33.2 Å². The monoisotopic (exact) mass is 340 g/mol. The molecule has 0 N–H and O–H groups in total. The molecule has 0 aromatic carbocycles. The first kappa shape index (κ1) is 16.0. The van der Waals surface area contributed by atoms with Gasteiger partial charge in [0.15, 0.2) is 0 Å². The van der Waals surface area contributed by atoms with Crippen LogP contribution in [0.1, 0.15) is 39.8 Å². The van der Waals surface area contributed by atoms with Gasteiger partial charge in [0.1, 0.15) is 6.54 Å². The average Bonchev–Trinajstić information content (AvgIpc) is 3.05. The van der Waals surface area contributed by atoms with Crippen LogP contribution in [0, 0.1) is 0 Å². The van der Waals surface area contributed by atoms with E-state index in [9.17, 15) is 18.0 Å². The normalized spacial score (nSPS) is 17.6. The van der Waals surface area contributed by atoms with E-state index in [1.807, 2.05) is 6.07 Å². The summed E-state index contributed by atoms with van der Waals surface area (Å²) < 4.78 is 39.1. The van der Waals surface area contributed by atoms with E-state index in [0.717, 1.165) is 34.6 Å². The number of hydrogen-bond donors (Lipinski definition) is 0. The number of nitrogens with zero attached hydrogens (tertiary/aromatic N) is 2. The number of amides is 1. The Morgan fingerprint density at radius 3 is 2.87 bits per heavy atom. The number of thiophene rings is 1. The largest absolute Gasteiger partial charge is 0.406 e. The van der Waals surface area contributed by atoms with Crippen molar-refractivity contribution in [3.05, 3.63) is 52.0 Å². The van der Waals surface area contributed by atoms with Crippen LogP contribution in [-0.4, -0.2) is 28.5 Å². The van der Waals surface area contributed by atoms with Crippen molar-refractivity contribution in [2.75, 3.05) is 6.54 Å². The van der Waals surface area contributed by atoms with Crippen LogP contribution in [0.25, 0.3) is 0 Å². The van der Waals surface area contributed by atoms with Crippen molar-refractivity contribution < 1.29 is 18.0 Å². The Hall–Kier alpha value is -1.89. The number of alkyl halides is 3. The first-order chi connectivity index (χ1) is 11.0. The van der Waals surface area contributed by atoms with Crippen LogP contribution in [0.3, 0.4) is 0 Å². The Balaban J connectivity index is 1.97. The molecular weight excluding hydrogens is 325 g/mol. The minimum absolute atomic E-state index is 0.317. The number of carbonyl (C=O) groups excluding carboxylic acids is 1. The van der Waals surface area contributed by atoms with Gasteiger partial charge in [-0.25, -0.2) is 0 Å². The Morgan fingerprint density at radius 1 is 1.35 bits per heavy atom. The van der Waals surface area contributed by atoms with E-state index in [2.05, 4.69) is 4.98 Å². The number of aryl methyl sites for hydroxylation is 1. The Labute approximate surface area is 135 Å². The number of rotatable bonds is 3. The van der Waals surface area contributed by atoms with E-state index < -0.39 is 24.7 Å².